The number of phenolic OH excluding ortho intramolecular Hbond substituents is 1. The first-order valence-electron chi connectivity index (χ1n) is 3.62. The molecule has 0 radical (unpaired) electrons. The van der Waals surface area contributed by atoms with Crippen LogP contribution in [0.4, 0.5) is 0 Å². The summed E-state index contributed by atoms with van der Waals surface area (Å²) >= 11 is 0. The van der Waals surface area contributed by atoms with Gasteiger partial charge in [0.2, 0.25) is 0 Å². The van der Waals surface area contributed by atoms with E-state index in [-0.39, 0.29) is 11.3 Å². The summed E-state index contributed by atoms with van der Waals surface area (Å²) in [4.78, 5) is 0. The van der Waals surface area contributed by atoms with Gasteiger partial charge in [-0.2, -0.15) is 0 Å². The normalized spacial score (nSPS) is 30.1. The Hall–Kier alpha value is -1.14. The van der Waals surface area contributed by atoms with E-state index in [4.69, 9.17) is 15.3 Å². The predicted octanol–water partition coefficient (Wildman–Crippen LogP) is -0.794. The van der Waals surface area contributed by atoms with Gasteiger partial charge in [-0.25, -0.2) is 0 Å². The minimum Gasteiger partial charge on any atom is -0.508 e. The molecule has 5 nitrogen and oxygen atoms in total. The first-order chi connectivity index (χ1) is 5.96. The van der Waals surface area contributed by atoms with E-state index in [0.717, 1.165) is 0 Å². The molecule has 0 saturated carbocycles. The number of rotatable bonds is 1. The lowest BCUT2D eigenvalue weighted by Gasteiger charge is -2.05. The number of hydrogen-bond donors (Lipinski definition) is 4. The number of aromatic hydroxyl groups is 1. The highest BCUT2D eigenvalue weighted by atomic mass is 16.9. The van der Waals surface area contributed by atoms with Crippen LogP contribution in [-0.2, 0) is 10.5 Å². The van der Waals surface area contributed by atoms with Crippen LogP contribution in [0.5, 0.6) is 5.75 Å². The van der Waals surface area contributed by atoms with E-state index in [1.165, 1.54) is 24.3 Å². The fraction of sp³-hybridized carbons (Fsp3) is 0.250. The van der Waals surface area contributed by atoms with Gasteiger partial charge in [-0.15, -0.1) is 0 Å². The molecule has 0 aromatic heterocycles. The number of aliphatic hydroxyl groups is 3. The van der Waals surface area contributed by atoms with E-state index in [1.54, 1.807) is 0 Å². The minimum absolute atomic E-state index is 0.0859. The molecule has 13 heavy (non-hydrogen) atoms. The molecule has 1 aromatic rings. The lowest BCUT2D eigenvalue weighted by Crippen LogP contribution is -2.22. The fourth-order valence-corrected chi connectivity index (χ4v) is 1.14. The largest absolute Gasteiger partial charge is 0.508 e. The van der Waals surface area contributed by atoms with E-state index in [1.807, 2.05) is 0 Å². The Morgan fingerprint density at radius 2 is 1.77 bits per heavy atom. The van der Waals surface area contributed by atoms with Crippen molar-refractivity contribution in [3.63, 3.8) is 0 Å². The summed E-state index contributed by atoms with van der Waals surface area (Å²) in [5.74, 6) is -4.76. The van der Waals surface area contributed by atoms with E-state index in [9.17, 15) is 5.11 Å². The fourth-order valence-electron chi connectivity index (χ4n) is 1.14. The van der Waals surface area contributed by atoms with Gasteiger partial charge >= 0.3 is 5.97 Å². The average Bonchev–Trinajstić information content (AvgIpc) is 2.53. The summed E-state index contributed by atoms with van der Waals surface area (Å²) in [6.07, 6.45) is 0. The molecule has 1 aliphatic rings. The van der Waals surface area contributed by atoms with Crippen LogP contribution in [0.3, 0.4) is 0 Å². The molecular formula is C8H8O5. The molecule has 70 valence electrons. The summed E-state index contributed by atoms with van der Waals surface area (Å²) in [6.45, 7) is 0. The molecule has 1 heterocycles. The molecule has 5 heteroatoms. The second-order valence-corrected chi connectivity index (χ2v) is 2.90. The van der Waals surface area contributed by atoms with Gasteiger partial charge in [-0.05, 0) is 12.1 Å². The summed E-state index contributed by atoms with van der Waals surface area (Å²) in [6, 6.07) is 5.45. The first-order valence-corrected chi connectivity index (χ1v) is 3.62. The molecule has 4 N–H and O–H groups in total. The smallest absolute Gasteiger partial charge is 0.343 e. The number of epoxide rings is 1. The third kappa shape index (κ3) is 1.10. The van der Waals surface area contributed by atoms with Gasteiger partial charge in [0.15, 0.2) is 0 Å². The highest BCUT2D eigenvalue weighted by Crippen LogP contribution is 2.50. The molecule has 1 aromatic carbocycles. The zero-order valence-corrected chi connectivity index (χ0v) is 6.51. The number of ether oxygens (including phenoxy) is 1. The molecule has 1 atom stereocenters. The van der Waals surface area contributed by atoms with Crippen LogP contribution >= 0.6 is 0 Å². The highest BCUT2D eigenvalue weighted by Gasteiger charge is 2.71. The van der Waals surface area contributed by atoms with Crippen molar-refractivity contribution >= 4 is 0 Å². The Morgan fingerprint density at radius 3 is 2.23 bits per heavy atom. The maximum atomic E-state index is 9.42. The Balaban J connectivity index is 2.38. The van der Waals surface area contributed by atoms with Crippen molar-refractivity contribution in [3.05, 3.63) is 29.8 Å². The third-order valence-electron chi connectivity index (χ3n) is 1.93. The third-order valence-corrected chi connectivity index (χ3v) is 1.93. The van der Waals surface area contributed by atoms with E-state index in [0.29, 0.717) is 0 Å². The highest BCUT2D eigenvalue weighted by molar-refractivity contribution is 5.33. The van der Waals surface area contributed by atoms with Gasteiger partial charge in [0.25, 0.3) is 5.79 Å². The van der Waals surface area contributed by atoms with Crippen molar-refractivity contribution in [1.82, 2.24) is 0 Å². The SMILES string of the molecule is Oc1cccc(C2(O)OC2(O)O)c1. The van der Waals surface area contributed by atoms with Gasteiger partial charge in [0.1, 0.15) is 5.75 Å². The van der Waals surface area contributed by atoms with Crippen molar-refractivity contribution in [2.45, 2.75) is 11.8 Å². The standard InChI is InChI=1S/C8H8O5/c9-6-3-1-2-5(4-6)7(10)8(11,12)13-7/h1-4,9-12H. The number of phenols is 1. The Labute approximate surface area is 73.4 Å². The molecule has 0 bridgehead atoms. The maximum absolute atomic E-state index is 9.42. The van der Waals surface area contributed by atoms with Gasteiger partial charge < -0.3 is 20.4 Å². The first kappa shape index (κ1) is 8.46. The second kappa shape index (κ2) is 2.21. The van der Waals surface area contributed by atoms with Crippen LogP contribution in [-0.4, -0.2) is 26.4 Å². The van der Waals surface area contributed by atoms with Crippen LogP contribution in [0.15, 0.2) is 24.3 Å². The summed E-state index contributed by atoms with van der Waals surface area (Å²) in [5.41, 5.74) is 0.0949. The van der Waals surface area contributed by atoms with Crippen molar-refractivity contribution < 1.29 is 25.2 Å². The van der Waals surface area contributed by atoms with Crippen LogP contribution < -0.4 is 0 Å². The van der Waals surface area contributed by atoms with Crippen molar-refractivity contribution in [1.29, 1.82) is 0 Å². The van der Waals surface area contributed by atoms with Gasteiger partial charge in [0, 0.05) is 5.56 Å². The Kier molecular flexibility index (Phi) is 1.44. The maximum Gasteiger partial charge on any atom is 0.343 e. The summed E-state index contributed by atoms with van der Waals surface area (Å²) in [7, 11) is 0. The van der Waals surface area contributed by atoms with Crippen LogP contribution in [0.25, 0.3) is 0 Å². The molecule has 2 rings (SSSR count). The molecule has 0 spiro atoms. The summed E-state index contributed by atoms with van der Waals surface area (Å²) in [5, 5.41) is 36.3. The minimum atomic E-state index is -2.55. The molecule has 1 saturated heterocycles. The monoisotopic (exact) mass is 184 g/mol. The summed E-state index contributed by atoms with van der Waals surface area (Å²) < 4.78 is 4.29. The van der Waals surface area contributed by atoms with E-state index in [2.05, 4.69) is 4.74 Å². The number of hydrogen-bond acceptors (Lipinski definition) is 5. The zero-order chi connectivity index (χ0) is 9.69. The van der Waals surface area contributed by atoms with E-state index >= 15 is 0 Å². The predicted molar refractivity (Wildman–Crippen MR) is 40.3 cm³/mol. The van der Waals surface area contributed by atoms with E-state index < -0.39 is 11.8 Å². The van der Waals surface area contributed by atoms with Crippen LogP contribution in [0.1, 0.15) is 5.56 Å². The zero-order valence-electron chi connectivity index (χ0n) is 6.51. The average molecular weight is 184 g/mol. The van der Waals surface area contributed by atoms with Crippen LogP contribution in [0.2, 0.25) is 0 Å². The van der Waals surface area contributed by atoms with Crippen LogP contribution in [0, 0.1) is 0 Å². The molecule has 0 aliphatic carbocycles. The molecular weight excluding hydrogens is 176 g/mol. The lowest BCUT2D eigenvalue weighted by atomic mass is 10.1. The molecule has 1 unspecified atom stereocenters. The Morgan fingerprint density at radius 1 is 1.15 bits per heavy atom. The van der Waals surface area contributed by atoms with Crippen molar-refractivity contribution in [2.24, 2.45) is 0 Å². The van der Waals surface area contributed by atoms with Crippen molar-refractivity contribution in [2.75, 3.05) is 0 Å². The number of benzene rings is 1. The van der Waals surface area contributed by atoms with Gasteiger partial charge in [-0.3, -0.25) is 4.74 Å². The molecule has 1 fully saturated rings. The Bertz CT molecular complexity index is 348. The van der Waals surface area contributed by atoms with Gasteiger partial charge in [-0.1, -0.05) is 12.1 Å². The topological polar surface area (TPSA) is 93.5 Å². The molecule has 1 aliphatic heterocycles. The van der Waals surface area contributed by atoms with Gasteiger partial charge in [0.05, 0.1) is 0 Å². The quantitative estimate of drug-likeness (QED) is 0.339. The van der Waals surface area contributed by atoms with Crippen molar-refractivity contribution in [3.8, 4) is 5.75 Å². The lowest BCUT2D eigenvalue weighted by molar-refractivity contribution is -0.161. The molecule has 0 amide bonds. The second-order valence-electron chi connectivity index (χ2n) is 2.90.